The molecule has 6 heteroatoms. The van der Waals surface area contributed by atoms with E-state index in [-0.39, 0.29) is 0 Å². The van der Waals surface area contributed by atoms with Gasteiger partial charge in [-0.3, -0.25) is 0 Å². The molecule has 68 heavy (non-hydrogen) atoms. The lowest BCUT2D eigenvalue weighted by Crippen LogP contribution is -2.00. The molecule has 10 aromatic carbocycles. The van der Waals surface area contributed by atoms with Crippen LogP contribution in [0.15, 0.2) is 224 Å². The standard InChI is InChI=1S/C62H37N5S/c1-3-16-39(17-4-1)57-50-33-32-48-47-25-14-26-51(58(47)68-59(48)56(50)49-24-9-11-27-53(49)63-57)62-65-60(43-20-13-19-41(36-43)42-30-29-38-15-7-8-18-40(38)35-42)64-61(66-62)44-31-34-55-52(37-44)46-23-10-12-28-54(46)67(55)45-21-5-2-6-22-45/h1-37H. The zero-order valence-corrected chi connectivity index (χ0v) is 37.3. The quantitative estimate of drug-likeness (QED) is 0.156. The van der Waals surface area contributed by atoms with Crippen molar-refractivity contribution >= 4 is 85.8 Å². The first-order chi connectivity index (χ1) is 33.7. The van der Waals surface area contributed by atoms with Crippen LogP contribution in [0.4, 0.5) is 0 Å². The van der Waals surface area contributed by atoms with Crippen molar-refractivity contribution in [2.45, 2.75) is 0 Å². The fourth-order valence-electron chi connectivity index (χ4n) is 10.2. The second-order valence-corrected chi connectivity index (χ2v) is 18.4. The molecule has 0 aliphatic rings. The maximum atomic E-state index is 5.42. The van der Waals surface area contributed by atoms with Crippen LogP contribution in [0.2, 0.25) is 0 Å². The zero-order chi connectivity index (χ0) is 44.7. The van der Waals surface area contributed by atoms with E-state index in [0.29, 0.717) is 17.5 Å². The van der Waals surface area contributed by atoms with Crippen molar-refractivity contribution in [3.63, 3.8) is 0 Å². The van der Waals surface area contributed by atoms with Crippen molar-refractivity contribution in [3.8, 4) is 62.2 Å². The lowest BCUT2D eigenvalue weighted by atomic mass is 9.98. The van der Waals surface area contributed by atoms with Crippen LogP contribution < -0.4 is 0 Å². The summed E-state index contributed by atoms with van der Waals surface area (Å²) >= 11 is 1.81. The van der Waals surface area contributed by atoms with Crippen molar-refractivity contribution in [2.24, 2.45) is 0 Å². The average molecular weight is 884 g/mol. The third-order valence-electron chi connectivity index (χ3n) is 13.4. The summed E-state index contributed by atoms with van der Waals surface area (Å²) < 4.78 is 4.69. The van der Waals surface area contributed by atoms with Crippen molar-refractivity contribution in [2.75, 3.05) is 0 Å². The van der Waals surface area contributed by atoms with Gasteiger partial charge in [-0.15, -0.1) is 11.3 Å². The molecule has 0 N–H and O–H groups in total. The largest absolute Gasteiger partial charge is 0.309 e. The van der Waals surface area contributed by atoms with E-state index in [1.165, 1.54) is 37.0 Å². The molecule has 0 amide bonds. The summed E-state index contributed by atoms with van der Waals surface area (Å²) in [5.41, 5.74) is 11.5. The Morgan fingerprint density at radius 1 is 0.324 bits per heavy atom. The minimum Gasteiger partial charge on any atom is -0.309 e. The van der Waals surface area contributed by atoms with Gasteiger partial charge in [-0.25, -0.2) is 19.9 Å². The number of aromatic nitrogens is 5. The Labute approximate surface area is 394 Å². The Morgan fingerprint density at radius 3 is 1.79 bits per heavy atom. The summed E-state index contributed by atoms with van der Waals surface area (Å²) in [5, 5.41) is 10.6. The third-order valence-corrected chi connectivity index (χ3v) is 14.7. The number of para-hydroxylation sites is 3. The average Bonchev–Trinajstić information content (AvgIpc) is 3.97. The molecule has 0 saturated carbocycles. The number of hydrogen-bond acceptors (Lipinski definition) is 5. The number of rotatable bonds is 6. The Bertz CT molecular complexity index is 4330. The topological polar surface area (TPSA) is 56.5 Å². The van der Waals surface area contributed by atoms with E-state index in [4.69, 9.17) is 19.9 Å². The maximum Gasteiger partial charge on any atom is 0.165 e. The van der Waals surface area contributed by atoms with Gasteiger partial charge in [0, 0.05) is 75.0 Å². The van der Waals surface area contributed by atoms with Gasteiger partial charge in [0.15, 0.2) is 17.5 Å². The van der Waals surface area contributed by atoms with E-state index >= 15 is 0 Å². The number of fused-ring (bicyclic) bond motifs is 11. The maximum absolute atomic E-state index is 5.42. The minimum atomic E-state index is 0.618. The molecule has 0 spiro atoms. The smallest absolute Gasteiger partial charge is 0.165 e. The number of benzene rings is 10. The molecule has 5 nitrogen and oxygen atoms in total. The van der Waals surface area contributed by atoms with E-state index in [0.717, 1.165) is 82.2 Å². The van der Waals surface area contributed by atoms with Gasteiger partial charge in [-0.1, -0.05) is 164 Å². The Kier molecular flexibility index (Phi) is 8.69. The molecule has 4 aromatic heterocycles. The van der Waals surface area contributed by atoms with Gasteiger partial charge >= 0.3 is 0 Å². The molecule has 0 aliphatic heterocycles. The molecule has 0 radical (unpaired) electrons. The van der Waals surface area contributed by atoms with E-state index in [1.54, 1.807) is 0 Å². The van der Waals surface area contributed by atoms with Crippen LogP contribution in [0.3, 0.4) is 0 Å². The number of pyridine rings is 1. The second-order valence-electron chi connectivity index (χ2n) is 17.4. The van der Waals surface area contributed by atoms with Crippen molar-refractivity contribution < 1.29 is 0 Å². The second kappa shape index (κ2) is 15.4. The zero-order valence-electron chi connectivity index (χ0n) is 36.5. The summed E-state index contributed by atoms with van der Waals surface area (Å²) in [6.07, 6.45) is 0. The van der Waals surface area contributed by atoms with Crippen molar-refractivity contribution in [3.05, 3.63) is 224 Å². The molecule has 0 aliphatic carbocycles. The highest BCUT2D eigenvalue weighted by molar-refractivity contribution is 7.27. The highest BCUT2D eigenvalue weighted by Gasteiger charge is 2.21. The van der Waals surface area contributed by atoms with Crippen LogP contribution in [-0.2, 0) is 0 Å². The molecule has 0 fully saturated rings. The summed E-state index contributed by atoms with van der Waals surface area (Å²) in [6.45, 7) is 0. The van der Waals surface area contributed by atoms with Crippen LogP contribution in [0, 0.1) is 0 Å². The van der Waals surface area contributed by atoms with Crippen LogP contribution in [-0.4, -0.2) is 24.5 Å². The predicted octanol–water partition coefficient (Wildman–Crippen LogP) is 16.5. The van der Waals surface area contributed by atoms with Crippen LogP contribution in [0.25, 0.3) is 137 Å². The van der Waals surface area contributed by atoms with Gasteiger partial charge in [0.1, 0.15) is 0 Å². The molecule has 0 unspecified atom stereocenters. The molecule has 14 aromatic rings. The van der Waals surface area contributed by atoms with Gasteiger partial charge in [-0.05, 0) is 82.6 Å². The Balaban J connectivity index is 1.00. The van der Waals surface area contributed by atoms with Gasteiger partial charge in [0.05, 0.1) is 22.2 Å². The van der Waals surface area contributed by atoms with Crippen LogP contribution in [0.5, 0.6) is 0 Å². The van der Waals surface area contributed by atoms with Crippen LogP contribution >= 0.6 is 11.3 Å². The van der Waals surface area contributed by atoms with E-state index < -0.39 is 0 Å². The molecule has 316 valence electrons. The highest BCUT2D eigenvalue weighted by atomic mass is 32.1. The summed E-state index contributed by atoms with van der Waals surface area (Å²) in [6, 6.07) is 79.6. The first-order valence-electron chi connectivity index (χ1n) is 22.9. The SMILES string of the molecule is c1ccc(-c2nc3ccccc3c3c2ccc2c4cccc(-c5nc(-c6cccc(-c7ccc8ccccc8c7)c6)nc(-c6ccc7c(c6)c6ccccc6n7-c6ccccc6)n5)c4sc23)cc1. The normalized spacial score (nSPS) is 11.8. The molecule has 0 atom stereocenters. The summed E-state index contributed by atoms with van der Waals surface area (Å²) in [5.74, 6) is 1.87. The van der Waals surface area contributed by atoms with E-state index in [1.807, 2.05) is 11.3 Å². The number of thiophene rings is 1. The molecular weight excluding hydrogens is 847 g/mol. The number of hydrogen-bond donors (Lipinski definition) is 0. The van der Waals surface area contributed by atoms with Gasteiger partial charge in [0.2, 0.25) is 0 Å². The molecule has 14 rings (SSSR count). The molecule has 0 saturated heterocycles. The summed E-state index contributed by atoms with van der Waals surface area (Å²) in [7, 11) is 0. The predicted molar refractivity (Wildman–Crippen MR) is 285 cm³/mol. The van der Waals surface area contributed by atoms with E-state index in [9.17, 15) is 0 Å². The van der Waals surface area contributed by atoms with Crippen molar-refractivity contribution in [1.29, 1.82) is 0 Å². The van der Waals surface area contributed by atoms with Gasteiger partial charge in [0.25, 0.3) is 0 Å². The fourth-order valence-corrected chi connectivity index (χ4v) is 11.6. The first-order valence-corrected chi connectivity index (χ1v) is 23.7. The first kappa shape index (κ1) is 38.4. The lowest BCUT2D eigenvalue weighted by Gasteiger charge is -2.11. The minimum absolute atomic E-state index is 0.618. The Morgan fingerprint density at radius 2 is 0.926 bits per heavy atom. The fraction of sp³-hybridized carbons (Fsp3) is 0. The lowest BCUT2D eigenvalue weighted by molar-refractivity contribution is 1.08. The van der Waals surface area contributed by atoms with Gasteiger partial charge in [-0.2, -0.15) is 0 Å². The Hall–Kier alpha value is -8.84. The highest BCUT2D eigenvalue weighted by Crippen LogP contribution is 2.46. The molecule has 4 heterocycles. The monoisotopic (exact) mass is 883 g/mol. The van der Waals surface area contributed by atoms with Crippen molar-refractivity contribution in [1.82, 2.24) is 24.5 Å². The summed E-state index contributed by atoms with van der Waals surface area (Å²) in [4.78, 5) is 21.4. The number of nitrogens with zero attached hydrogens (tertiary/aromatic N) is 5. The molecular formula is C62H37N5S. The van der Waals surface area contributed by atoms with Crippen LogP contribution in [0.1, 0.15) is 0 Å². The third kappa shape index (κ3) is 6.15. The van der Waals surface area contributed by atoms with Gasteiger partial charge < -0.3 is 4.57 Å². The van der Waals surface area contributed by atoms with E-state index in [2.05, 4.69) is 229 Å². The molecule has 0 bridgehead atoms.